The van der Waals surface area contributed by atoms with Crippen molar-refractivity contribution in [3.05, 3.63) is 39.2 Å². The summed E-state index contributed by atoms with van der Waals surface area (Å²) in [6.45, 7) is 1.62. The number of hydrogen-bond donors (Lipinski definition) is 1. The first kappa shape index (κ1) is 9.60. The highest BCUT2D eigenvalue weighted by Crippen LogP contribution is 2.22. The fourth-order valence-electron chi connectivity index (χ4n) is 1.10. The van der Waals surface area contributed by atoms with Crippen LogP contribution in [0.2, 0.25) is 0 Å². The zero-order valence-electron chi connectivity index (χ0n) is 7.08. The predicted molar refractivity (Wildman–Crippen MR) is 45.7 cm³/mol. The molecule has 0 aliphatic rings. The minimum Gasteiger partial charge on any atom is -0.326 e. The van der Waals surface area contributed by atoms with Gasteiger partial charge in [0.05, 0.1) is 4.92 Å². The van der Waals surface area contributed by atoms with Gasteiger partial charge in [-0.1, -0.05) is 6.07 Å². The minimum absolute atomic E-state index is 0.0334. The SMILES string of the molecule is Cc1cc(CN)c(F)c([N+](=O)[O-])c1. The van der Waals surface area contributed by atoms with E-state index >= 15 is 0 Å². The summed E-state index contributed by atoms with van der Waals surface area (Å²) in [7, 11) is 0. The Balaban J connectivity index is 3.35. The number of nitro groups is 1. The summed E-state index contributed by atoms with van der Waals surface area (Å²) in [5.41, 5.74) is 5.52. The van der Waals surface area contributed by atoms with Gasteiger partial charge in [-0.15, -0.1) is 0 Å². The van der Waals surface area contributed by atoms with Gasteiger partial charge in [-0.05, 0) is 12.5 Å². The first-order valence-corrected chi connectivity index (χ1v) is 3.69. The van der Waals surface area contributed by atoms with Crippen LogP contribution in [0.15, 0.2) is 12.1 Å². The van der Waals surface area contributed by atoms with Crippen LogP contribution in [0.3, 0.4) is 0 Å². The molecule has 1 aromatic rings. The Bertz CT molecular complexity index is 352. The molecule has 0 atom stereocenters. The number of benzene rings is 1. The number of halogens is 1. The largest absolute Gasteiger partial charge is 0.326 e. The second-order valence-corrected chi connectivity index (χ2v) is 2.72. The number of aryl methyl sites for hydroxylation is 1. The van der Waals surface area contributed by atoms with Crippen LogP contribution in [-0.2, 0) is 6.54 Å². The van der Waals surface area contributed by atoms with Gasteiger partial charge in [0.15, 0.2) is 0 Å². The van der Waals surface area contributed by atoms with E-state index in [1.165, 1.54) is 12.1 Å². The van der Waals surface area contributed by atoms with E-state index in [1.807, 2.05) is 0 Å². The number of nitrogens with two attached hydrogens (primary N) is 1. The zero-order valence-corrected chi connectivity index (χ0v) is 7.08. The maximum Gasteiger partial charge on any atom is 0.305 e. The molecule has 0 fully saturated rings. The van der Waals surface area contributed by atoms with Crippen molar-refractivity contribution in [2.24, 2.45) is 5.73 Å². The molecule has 0 bridgehead atoms. The molecule has 2 N–H and O–H groups in total. The lowest BCUT2D eigenvalue weighted by Crippen LogP contribution is -2.03. The summed E-state index contributed by atoms with van der Waals surface area (Å²) in [4.78, 5) is 9.62. The normalized spacial score (nSPS) is 10.1. The molecule has 4 nitrogen and oxygen atoms in total. The van der Waals surface area contributed by atoms with E-state index in [1.54, 1.807) is 6.92 Å². The summed E-state index contributed by atoms with van der Waals surface area (Å²) in [5, 5.41) is 10.4. The van der Waals surface area contributed by atoms with Gasteiger partial charge < -0.3 is 5.73 Å². The van der Waals surface area contributed by atoms with Crippen LogP contribution in [0, 0.1) is 22.9 Å². The topological polar surface area (TPSA) is 69.2 Å². The molecular formula is C8H9FN2O2. The fraction of sp³-hybridized carbons (Fsp3) is 0.250. The van der Waals surface area contributed by atoms with Crippen LogP contribution in [0.4, 0.5) is 10.1 Å². The van der Waals surface area contributed by atoms with Crippen molar-refractivity contribution >= 4 is 5.69 Å². The molecule has 0 amide bonds. The second kappa shape index (κ2) is 3.49. The molecule has 0 heterocycles. The maximum atomic E-state index is 13.2. The van der Waals surface area contributed by atoms with E-state index in [2.05, 4.69) is 0 Å². The van der Waals surface area contributed by atoms with Gasteiger partial charge in [0.1, 0.15) is 0 Å². The molecule has 70 valence electrons. The van der Waals surface area contributed by atoms with E-state index in [4.69, 9.17) is 5.73 Å². The Hall–Kier alpha value is -1.49. The second-order valence-electron chi connectivity index (χ2n) is 2.72. The third-order valence-corrected chi connectivity index (χ3v) is 1.69. The van der Waals surface area contributed by atoms with Crippen molar-refractivity contribution in [3.63, 3.8) is 0 Å². The third-order valence-electron chi connectivity index (χ3n) is 1.69. The molecule has 0 spiro atoms. The van der Waals surface area contributed by atoms with Crippen molar-refractivity contribution in [2.45, 2.75) is 13.5 Å². The van der Waals surface area contributed by atoms with Crippen LogP contribution in [0.5, 0.6) is 0 Å². The molecule has 0 aliphatic heterocycles. The van der Waals surface area contributed by atoms with Gasteiger partial charge in [-0.25, -0.2) is 0 Å². The number of nitro benzene ring substituents is 1. The van der Waals surface area contributed by atoms with Crippen LogP contribution in [-0.4, -0.2) is 4.92 Å². The van der Waals surface area contributed by atoms with Crippen molar-refractivity contribution in [1.82, 2.24) is 0 Å². The Labute approximate surface area is 74.3 Å². The molecule has 0 aromatic heterocycles. The van der Waals surface area contributed by atoms with Crippen LogP contribution in [0.25, 0.3) is 0 Å². The van der Waals surface area contributed by atoms with E-state index in [9.17, 15) is 14.5 Å². The standard InChI is InChI=1S/C8H9FN2O2/c1-5-2-6(4-10)8(9)7(3-5)11(12)13/h2-3H,4,10H2,1H3. The van der Waals surface area contributed by atoms with Gasteiger partial charge >= 0.3 is 5.69 Å². The molecule has 0 unspecified atom stereocenters. The first-order valence-electron chi connectivity index (χ1n) is 3.69. The number of rotatable bonds is 2. The molecule has 0 saturated carbocycles. The average Bonchev–Trinajstić information content (AvgIpc) is 2.08. The van der Waals surface area contributed by atoms with Gasteiger partial charge in [0, 0.05) is 18.2 Å². The minimum atomic E-state index is -0.835. The zero-order chi connectivity index (χ0) is 10.0. The Morgan fingerprint density at radius 2 is 2.23 bits per heavy atom. The molecule has 0 saturated heterocycles. The lowest BCUT2D eigenvalue weighted by molar-refractivity contribution is -0.387. The highest BCUT2D eigenvalue weighted by molar-refractivity contribution is 5.40. The monoisotopic (exact) mass is 184 g/mol. The summed E-state index contributed by atoms with van der Waals surface area (Å²) in [6, 6.07) is 2.69. The number of hydrogen-bond acceptors (Lipinski definition) is 3. The molecule has 0 radical (unpaired) electrons. The van der Waals surface area contributed by atoms with Gasteiger partial charge in [-0.2, -0.15) is 4.39 Å². The van der Waals surface area contributed by atoms with Crippen LogP contribution < -0.4 is 5.73 Å². The fourth-order valence-corrected chi connectivity index (χ4v) is 1.10. The Kier molecular flexibility index (Phi) is 2.57. The van der Waals surface area contributed by atoms with Gasteiger partial charge in [0.25, 0.3) is 0 Å². The molecule has 13 heavy (non-hydrogen) atoms. The predicted octanol–water partition coefficient (Wildman–Crippen LogP) is 1.50. The van der Waals surface area contributed by atoms with E-state index < -0.39 is 16.4 Å². The molecule has 1 aromatic carbocycles. The van der Waals surface area contributed by atoms with Gasteiger partial charge in [-0.3, -0.25) is 10.1 Å². The summed E-state index contributed by atoms with van der Waals surface area (Å²) in [6.07, 6.45) is 0. The molecule has 0 aliphatic carbocycles. The van der Waals surface area contributed by atoms with E-state index in [-0.39, 0.29) is 12.1 Å². The highest BCUT2D eigenvalue weighted by Gasteiger charge is 2.17. The lowest BCUT2D eigenvalue weighted by Gasteiger charge is -2.01. The van der Waals surface area contributed by atoms with Crippen molar-refractivity contribution in [2.75, 3.05) is 0 Å². The van der Waals surface area contributed by atoms with E-state index in [0.29, 0.717) is 5.56 Å². The van der Waals surface area contributed by atoms with Gasteiger partial charge in [0.2, 0.25) is 5.82 Å². The summed E-state index contributed by atoms with van der Waals surface area (Å²) < 4.78 is 13.2. The highest BCUT2D eigenvalue weighted by atomic mass is 19.1. The average molecular weight is 184 g/mol. The molecule has 5 heteroatoms. The summed E-state index contributed by atoms with van der Waals surface area (Å²) >= 11 is 0. The van der Waals surface area contributed by atoms with Crippen molar-refractivity contribution in [1.29, 1.82) is 0 Å². The van der Waals surface area contributed by atoms with E-state index in [0.717, 1.165) is 0 Å². The number of nitrogens with zero attached hydrogens (tertiary/aromatic N) is 1. The smallest absolute Gasteiger partial charge is 0.305 e. The van der Waals surface area contributed by atoms with Crippen LogP contribution >= 0.6 is 0 Å². The van der Waals surface area contributed by atoms with Crippen molar-refractivity contribution < 1.29 is 9.31 Å². The lowest BCUT2D eigenvalue weighted by atomic mass is 10.1. The Morgan fingerprint density at radius 3 is 2.69 bits per heavy atom. The van der Waals surface area contributed by atoms with Crippen molar-refractivity contribution in [3.8, 4) is 0 Å². The third kappa shape index (κ3) is 1.81. The first-order chi connectivity index (χ1) is 6.06. The quantitative estimate of drug-likeness (QED) is 0.559. The van der Waals surface area contributed by atoms with Crippen LogP contribution in [0.1, 0.15) is 11.1 Å². The molecular weight excluding hydrogens is 175 g/mol. The Morgan fingerprint density at radius 1 is 1.62 bits per heavy atom. The molecule has 1 rings (SSSR count). The summed E-state index contributed by atoms with van der Waals surface area (Å²) in [5.74, 6) is -0.835. The maximum absolute atomic E-state index is 13.2.